The molecule has 2 aromatic carbocycles. The number of H-pyrrole nitrogens is 1. The van der Waals surface area contributed by atoms with E-state index in [1.807, 2.05) is 49.4 Å². The Kier molecular flexibility index (Phi) is 6.04. The molecule has 5 nitrogen and oxygen atoms in total. The zero-order valence-electron chi connectivity index (χ0n) is 15.6. The summed E-state index contributed by atoms with van der Waals surface area (Å²) < 4.78 is 0. The first-order valence-electron chi connectivity index (χ1n) is 9.19. The predicted molar refractivity (Wildman–Crippen MR) is 109 cm³/mol. The van der Waals surface area contributed by atoms with Crippen molar-refractivity contribution >= 4 is 16.8 Å². The molecule has 1 heterocycles. The normalized spacial score (nSPS) is 11.2. The standard InChI is InChI=1S/C22H25N3O2/c1-16-6-5-9-18-14-19(22(27)24-21(16)18)15-25(13-11-20(23)26)12-10-17-7-3-2-4-8-17/h2-9,14H,10-13,15H2,1H3,(H2,23,26)(H,24,27). The van der Waals surface area contributed by atoms with Crippen molar-refractivity contribution in [2.75, 3.05) is 13.1 Å². The lowest BCUT2D eigenvalue weighted by Gasteiger charge is -2.22. The molecule has 0 atom stereocenters. The van der Waals surface area contributed by atoms with Gasteiger partial charge in [-0.15, -0.1) is 0 Å². The van der Waals surface area contributed by atoms with E-state index in [0.29, 0.717) is 18.7 Å². The Labute approximate surface area is 158 Å². The number of carbonyl (C=O) groups excluding carboxylic acids is 1. The van der Waals surface area contributed by atoms with Crippen LogP contribution in [0.25, 0.3) is 10.9 Å². The number of nitrogens with two attached hydrogens (primary N) is 1. The maximum atomic E-state index is 12.6. The number of rotatable bonds is 8. The van der Waals surface area contributed by atoms with E-state index in [9.17, 15) is 9.59 Å². The highest BCUT2D eigenvalue weighted by atomic mass is 16.1. The molecule has 0 aliphatic carbocycles. The summed E-state index contributed by atoms with van der Waals surface area (Å²) in [6.45, 7) is 3.76. The van der Waals surface area contributed by atoms with Gasteiger partial charge in [-0.25, -0.2) is 0 Å². The lowest BCUT2D eigenvalue weighted by atomic mass is 10.1. The maximum absolute atomic E-state index is 12.6. The summed E-state index contributed by atoms with van der Waals surface area (Å²) in [7, 11) is 0. The second kappa shape index (κ2) is 8.64. The molecule has 3 N–H and O–H groups in total. The van der Waals surface area contributed by atoms with Crippen molar-refractivity contribution in [3.63, 3.8) is 0 Å². The number of primary amides is 1. The van der Waals surface area contributed by atoms with Crippen LogP contribution in [0.3, 0.4) is 0 Å². The van der Waals surface area contributed by atoms with E-state index in [-0.39, 0.29) is 17.9 Å². The number of carbonyl (C=O) groups is 1. The minimum Gasteiger partial charge on any atom is -0.370 e. The smallest absolute Gasteiger partial charge is 0.252 e. The molecule has 0 spiro atoms. The average Bonchev–Trinajstić information content (AvgIpc) is 2.66. The summed E-state index contributed by atoms with van der Waals surface area (Å²) in [6.07, 6.45) is 1.13. The molecule has 27 heavy (non-hydrogen) atoms. The molecule has 140 valence electrons. The van der Waals surface area contributed by atoms with E-state index < -0.39 is 0 Å². The van der Waals surface area contributed by atoms with Crippen LogP contribution in [-0.4, -0.2) is 28.9 Å². The number of aromatic amines is 1. The summed E-state index contributed by atoms with van der Waals surface area (Å²) >= 11 is 0. The largest absolute Gasteiger partial charge is 0.370 e. The number of hydrogen-bond donors (Lipinski definition) is 2. The lowest BCUT2D eigenvalue weighted by Crippen LogP contribution is -2.32. The zero-order chi connectivity index (χ0) is 19.2. The van der Waals surface area contributed by atoms with Crippen molar-refractivity contribution in [1.29, 1.82) is 0 Å². The van der Waals surface area contributed by atoms with Gasteiger partial charge in [0.25, 0.3) is 5.56 Å². The van der Waals surface area contributed by atoms with Crippen LogP contribution >= 0.6 is 0 Å². The van der Waals surface area contributed by atoms with Crippen molar-refractivity contribution in [2.24, 2.45) is 5.73 Å². The van der Waals surface area contributed by atoms with Gasteiger partial charge < -0.3 is 10.7 Å². The molecule has 0 aliphatic heterocycles. The number of aromatic nitrogens is 1. The Bertz CT molecular complexity index is 980. The third-order valence-electron chi connectivity index (χ3n) is 4.79. The fourth-order valence-electron chi connectivity index (χ4n) is 3.26. The predicted octanol–water partition coefficient (Wildman–Crippen LogP) is 2.76. The van der Waals surface area contributed by atoms with Crippen LogP contribution in [0.15, 0.2) is 59.4 Å². The zero-order valence-corrected chi connectivity index (χ0v) is 15.6. The second-order valence-electron chi connectivity index (χ2n) is 6.89. The van der Waals surface area contributed by atoms with Crippen LogP contribution in [0.5, 0.6) is 0 Å². The Hall–Kier alpha value is -2.92. The first-order chi connectivity index (χ1) is 13.0. The summed E-state index contributed by atoms with van der Waals surface area (Å²) in [6, 6.07) is 18.1. The fourth-order valence-corrected chi connectivity index (χ4v) is 3.26. The molecule has 0 aliphatic rings. The van der Waals surface area contributed by atoms with Gasteiger partial charge in [-0.05, 0) is 35.9 Å². The van der Waals surface area contributed by atoms with Gasteiger partial charge >= 0.3 is 0 Å². The van der Waals surface area contributed by atoms with E-state index in [1.54, 1.807) is 0 Å². The summed E-state index contributed by atoms with van der Waals surface area (Å²) in [5, 5.41) is 1.02. The molecule has 0 fully saturated rings. The summed E-state index contributed by atoms with van der Waals surface area (Å²) in [4.78, 5) is 28.9. The van der Waals surface area contributed by atoms with Crippen LogP contribution in [0, 0.1) is 6.92 Å². The molecule has 1 amide bonds. The van der Waals surface area contributed by atoms with Crippen molar-refractivity contribution < 1.29 is 4.79 Å². The molecule has 0 radical (unpaired) electrons. The molecule has 3 rings (SSSR count). The second-order valence-corrected chi connectivity index (χ2v) is 6.89. The topological polar surface area (TPSA) is 79.2 Å². The van der Waals surface area contributed by atoms with Crippen LogP contribution in [-0.2, 0) is 17.8 Å². The van der Waals surface area contributed by atoms with Gasteiger partial charge in [-0.2, -0.15) is 0 Å². The SMILES string of the molecule is Cc1cccc2cc(CN(CCC(N)=O)CCc3ccccc3)c(=O)[nH]c12. The number of fused-ring (bicyclic) bond motifs is 1. The molecule has 0 unspecified atom stereocenters. The maximum Gasteiger partial charge on any atom is 0.252 e. The van der Waals surface area contributed by atoms with Gasteiger partial charge in [0.2, 0.25) is 5.91 Å². The summed E-state index contributed by atoms with van der Waals surface area (Å²) in [5.74, 6) is -0.331. The Morgan fingerprint density at radius 2 is 1.85 bits per heavy atom. The number of hydrogen-bond acceptors (Lipinski definition) is 3. The molecular formula is C22H25N3O2. The monoisotopic (exact) mass is 363 g/mol. The third kappa shape index (κ3) is 5.05. The molecule has 0 saturated heterocycles. The quantitative estimate of drug-likeness (QED) is 0.646. The van der Waals surface area contributed by atoms with E-state index in [4.69, 9.17) is 5.73 Å². The van der Waals surface area contributed by atoms with Gasteiger partial charge in [0, 0.05) is 31.6 Å². The van der Waals surface area contributed by atoms with Crippen LogP contribution < -0.4 is 11.3 Å². The molecule has 0 bridgehead atoms. The number of aryl methyl sites for hydroxylation is 1. The van der Waals surface area contributed by atoms with Crippen molar-refractivity contribution in [1.82, 2.24) is 9.88 Å². The fraction of sp³-hybridized carbons (Fsp3) is 0.273. The van der Waals surface area contributed by atoms with E-state index in [0.717, 1.165) is 29.4 Å². The molecule has 0 saturated carbocycles. The number of nitrogens with zero attached hydrogens (tertiary/aromatic N) is 1. The highest BCUT2D eigenvalue weighted by Crippen LogP contribution is 2.16. The van der Waals surface area contributed by atoms with Crippen molar-refractivity contribution in [3.8, 4) is 0 Å². The molecule has 5 heteroatoms. The number of pyridine rings is 1. The van der Waals surface area contributed by atoms with Crippen molar-refractivity contribution in [2.45, 2.75) is 26.3 Å². The number of benzene rings is 2. The number of para-hydroxylation sites is 1. The first kappa shape index (κ1) is 18.9. The summed E-state index contributed by atoms with van der Waals surface area (Å²) in [5.41, 5.74) is 9.09. The Morgan fingerprint density at radius 1 is 1.07 bits per heavy atom. The highest BCUT2D eigenvalue weighted by molar-refractivity contribution is 5.81. The van der Waals surface area contributed by atoms with Gasteiger partial charge in [-0.3, -0.25) is 14.5 Å². The molecular weight excluding hydrogens is 338 g/mol. The highest BCUT2D eigenvalue weighted by Gasteiger charge is 2.12. The van der Waals surface area contributed by atoms with Gasteiger partial charge in [0.15, 0.2) is 0 Å². The third-order valence-corrected chi connectivity index (χ3v) is 4.79. The van der Waals surface area contributed by atoms with Gasteiger partial charge in [-0.1, -0.05) is 48.5 Å². The molecule has 1 aromatic heterocycles. The first-order valence-corrected chi connectivity index (χ1v) is 9.19. The van der Waals surface area contributed by atoms with Crippen LogP contribution in [0.4, 0.5) is 0 Å². The minimum atomic E-state index is -0.331. The number of amides is 1. The van der Waals surface area contributed by atoms with E-state index in [2.05, 4.69) is 22.0 Å². The van der Waals surface area contributed by atoms with Gasteiger partial charge in [0.05, 0.1) is 5.52 Å². The lowest BCUT2D eigenvalue weighted by molar-refractivity contribution is -0.118. The Morgan fingerprint density at radius 3 is 2.59 bits per heavy atom. The molecule has 3 aromatic rings. The van der Waals surface area contributed by atoms with E-state index >= 15 is 0 Å². The minimum absolute atomic E-state index is 0.0828. The van der Waals surface area contributed by atoms with Gasteiger partial charge in [0.1, 0.15) is 0 Å². The number of nitrogens with one attached hydrogen (secondary N) is 1. The van der Waals surface area contributed by atoms with Crippen molar-refractivity contribution in [3.05, 3.63) is 81.6 Å². The average molecular weight is 363 g/mol. The Balaban J connectivity index is 1.80. The van der Waals surface area contributed by atoms with Crippen LogP contribution in [0.1, 0.15) is 23.1 Å². The van der Waals surface area contributed by atoms with E-state index in [1.165, 1.54) is 5.56 Å². The van der Waals surface area contributed by atoms with Crippen LogP contribution in [0.2, 0.25) is 0 Å².